The molecule has 0 amide bonds. The van der Waals surface area contributed by atoms with Gasteiger partial charge in [0.2, 0.25) is 10.0 Å². The molecule has 112 valence electrons. The van der Waals surface area contributed by atoms with Crippen LogP contribution in [0.4, 0.5) is 0 Å². The minimum atomic E-state index is -3.50. The van der Waals surface area contributed by atoms with E-state index in [1.165, 1.54) is 11.4 Å². The van der Waals surface area contributed by atoms with Crippen molar-refractivity contribution in [2.75, 3.05) is 19.3 Å². The van der Waals surface area contributed by atoms with Crippen molar-refractivity contribution >= 4 is 15.8 Å². The van der Waals surface area contributed by atoms with Crippen LogP contribution in [-0.2, 0) is 14.8 Å². The molecule has 0 heterocycles. The van der Waals surface area contributed by atoms with Gasteiger partial charge < -0.3 is 0 Å². The second-order valence-electron chi connectivity index (χ2n) is 6.65. The largest absolute Gasteiger partial charge is 0.299 e. The molecule has 2 fully saturated rings. The minimum absolute atomic E-state index is 0.107. The van der Waals surface area contributed by atoms with Gasteiger partial charge in [0, 0.05) is 31.8 Å². The van der Waals surface area contributed by atoms with E-state index in [1.807, 2.05) is 19.9 Å². The highest BCUT2D eigenvalue weighted by atomic mass is 32.2. The van der Waals surface area contributed by atoms with E-state index in [1.54, 1.807) is 0 Å². The van der Waals surface area contributed by atoms with Crippen molar-refractivity contribution in [2.24, 2.45) is 16.7 Å². The van der Waals surface area contributed by atoms with Crippen LogP contribution in [0.15, 0.2) is 0 Å². The van der Waals surface area contributed by atoms with Crippen molar-refractivity contribution in [3.8, 4) is 6.07 Å². The van der Waals surface area contributed by atoms with Crippen molar-refractivity contribution in [2.45, 2.75) is 39.5 Å². The molecule has 2 bridgehead atoms. The Kier molecular flexibility index (Phi) is 3.72. The molecule has 20 heavy (non-hydrogen) atoms. The first-order chi connectivity index (χ1) is 9.17. The minimum Gasteiger partial charge on any atom is -0.299 e. The van der Waals surface area contributed by atoms with E-state index in [-0.39, 0.29) is 29.9 Å². The predicted molar refractivity (Wildman–Crippen MR) is 75.2 cm³/mol. The Balaban J connectivity index is 2.25. The van der Waals surface area contributed by atoms with Crippen LogP contribution in [0.2, 0.25) is 0 Å². The number of ketones is 1. The van der Waals surface area contributed by atoms with Gasteiger partial charge in [0.05, 0.1) is 11.8 Å². The van der Waals surface area contributed by atoms with Gasteiger partial charge in [0.25, 0.3) is 0 Å². The van der Waals surface area contributed by atoms with Crippen LogP contribution < -0.4 is 0 Å². The van der Waals surface area contributed by atoms with Gasteiger partial charge >= 0.3 is 0 Å². The zero-order valence-electron chi connectivity index (χ0n) is 12.3. The molecule has 2 aliphatic rings. The molecule has 0 saturated heterocycles. The fraction of sp³-hybridized carbons (Fsp3) is 0.857. The second-order valence-corrected chi connectivity index (χ2v) is 8.73. The summed E-state index contributed by atoms with van der Waals surface area (Å²) in [5.74, 6) is 0.315. The fourth-order valence-corrected chi connectivity index (χ4v) is 5.77. The molecule has 2 unspecified atom stereocenters. The number of hydrogen-bond donors (Lipinski definition) is 0. The van der Waals surface area contributed by atoms with E-state index >= 15 is 0 Å². The Morgan fingerprint density at radius 2 is 2.10 bits per heavy atom. The third kappa shape index (κ3) is 2.08. The lowest BCUT2D eigenvalue weighted by atomic mass is 9.70. The Morgan fingerprint density at radius 3 is 2.55 bits per heavy atom. The average molecular weight is 298 g/mol. The standard InChI is InChI=1S/C14H22N2O3S/c1-13(2)11-5-6-14(13,12(17)9-11)10-20(18,19)16(3)8-4-7-15/h11H,4-6,8-10H2,1-3H3. The normalized spacial score (nSPS) is 31.8. The fourth-order valence-electron chi connectivity index (χ4n) is 3.88. The van der Waals surface area contributed by atoms with E-state index in [0.717, 1.165) is 6.42 Å². The molecular formula is C14H22N2O3S. The number of rotatable bonds is 5. The topological polar surface area (TPSA) is 78.2 Å². The first-order valence-electron chi connectivity index (χ1n) is 7.02. The van der Waals surface area contributed by atoms with Gasteiger partial charge in [-0.15, -0.1) is 0 Å². The average Bonchev–Trinajstić information content (AvgIpc) is 2.69. The van der Waals surface area contributed by atoms with Crippen molar-refractivity contribution < 1.29 is 13.2 Å². The van der Waals surface area contributed by atoms with Crippen LogP contribution >= 0.6 is 0 Å². The van der Waals surface area contributed by atoms with E-state index in [9.17, 15) is 13.2 Å². The van der Waals surface area contributed by atoms with Crippen molar-refractivity contribution in [3.05, 3.63) is 0 Å². The number of sulfonamides is 1. The van der Waals surface area contributed by atoms with Crippen LogP contribution in [0.5, 0.6) is 0 Å². The molecule has 2 aliphatic carbocycles. The number of hydrogen-bond acceptors (Lipinski definition) is 4. The highest BCUT2D eigenvalue weighted by Crippen LogP contribution is 2.64. The molecule has 0 aromatic carbocycles. The summed E-state index contributed by atoms with van der Waals surface area (Å²) in [6.07, 6.45) is 2.30. The molecule has 0 aromatic heterocycles. The zero-order valence-corrected chi connectivity index (χ0v) is 13.2. The summed E-state index contributed by atoms with van der Waals surface area (Å²) in [6.45, 7) is 4.24. The number of carbonyl (C=O) groups is 1. The van der Waals surface area contributed by atoms with Gasteiger partial charge in [-0.05, 0) is 24.2 Å². The van der Waals surface area contributed by atoms with Gasteiger partial charge in [0.1, 0.15) is 5.78 Å². The Hall–Kier alpha value is -0.930. The SMILES string of the molecule is CN(CCC#N)S(=O)(=O)CC12CCC(CC1=O)C2(C)C. The molecule has 0 spiro atoms. The highest BCUT2D eigenvalue weighted by molar-refractivity contribution is 7.89. The maximum Gasteiger partial charge on any atom is 0.214 e. The van der Waals surface area contributed by atoms with Crippen molar-refractivity contribution in [1.29, 1.82) is 5.26 Å². The van der Waals surface area contributed by atoms with Gasteiger partial charge in [-0.3, -0.25) is 4.79 Å². The monoisotopic (exact) mass is 298 g/mol. The Bertz CT molecular complexity index is 561. The molecule has 2 rings (SSSR count). The number of carbonyl (C=O) groups excluding carboxylic acids is 1. The van der Waals surface area contributed by atoms with Crippen LogP contribution in [0.1, 0.15) is 39.5 Å². The molecule has 0 aromatic rings. The summed E-state index contributed by atoms with van der Waals surface area (Å²) in [4.78, 5) is 12.4. The summed E-state index contributed by atoms with van der Waals surface area (Å²) in [6, 6.07) is 1.95. The third-order valence-corrected chi connectivity index (χ3v) is 7.57. The van der Waals surface area contributed by atoms with E-state index in [0.29, 0.717) is 18.8 Å². The lowest BCUT2D eigenvalue weighted by molar-refractivity contribution is -0.128. The molecule has 0 aliphatic heterocycles. The summed E-state index contributed by atoms with van der Waals surface area (Å²) in [5.41, 5.74) is -0.968. The molecule has 2 atom stereocenters. The maximum atomic E-state index is 12.5. The van der Waals surface area contributed by atoms with Crippen LogP contribution in [-0.4, -0.2) is 37.9 Å². The predicted octanol–water partition coefficient (Wildman–Crippen LogP) is 1.56. The zero-order chi connectivity index (χ0) is 15.2. The van der Waals surface area contributed by atoms with Crippen molar-refractivity contribution in [1.82, 2.24) is 4.31 Å². The molecular weight excluding hydrogens is 276 g/mol. The van der Waals surface area contributed by atoms with Crippen molar-refractivity contribution in [3.63, 3.8) is 0 Å². The second kappa shape index (κ2) is 4.81. The number of Topliss-reactive ketones (excluding diaryl/α,β-unsaturated/α-hetero) is 1. The summed E-state index contributed by atoms with van der Waals surface area (Å²) in [5, 5.41) is 8.57. The molecule has 2 saturated carbocycles. The van der Waals surface area contributed by atoms with E-state index < -0.39 is 15.4 Å². The van der Waals surface area contributed by atoms with E-state index in [2.05, 4.69) is 0 Å². The number of nitrogens with zero attached hydrogens (tertiary/aromatic N) is 2. The smallest absolute Gasteiger partial charge is 0.214 e. The van der Waals surface area contributed by atoms with E-state index in [4.69, 9.17) is 5.26 Å². The maximum absolute atomic E-state index is 12.5. The number of nitriles is 1. The lowest BCUT2D eigenvalue weighted by Gasteiger charge is -2.37. The quantitative estimate of drug-likeness (QED) is 0.771. The highest BCUT2D eigenvalue weighted by Gasteiger charge is 2.65. The van der Waals surface area contributed by atoms with Gasteiger partial charge in [-0.2, -0.15) is 5.26 Å². The summed E-state index contributed by atoms with van der Waals surface area (Å²) < 4.78 is 26.2. The molecule has 6 heteroatoms. The molecule has 0 N–H and O–H groups in total. The van der Waals surface area contributed by atoms with Gasteiger partial charge in [0.15, 0.2) is 0 Å². The van der Waals surface area contributed by atoms with Gasteiger partial charge in [-0.1, -0.05) is 13.8 Å². The van der Waals surface area contributed by atoms with Crippen LogP contribution in [0, 0.1) is 28.1 Å². The summed E-state index contributed by atoms with van der Waals surface area (Å²) >= 11 is 0. The van der Waals surface area contributed by atoms with Crippen LogP contribution in [0.25, 0.3) is 0 Å². The number of fused-ring (bicyclic) bond motifs is 2. The molecule has 0 radical (unpaired) electrons. The van der Waals surface area contributed by atoms with Gasteiger partial charge in [-0.25, -0.2) is 12.7 Å². The third-order valence-electron chi connectivity index (χ3n) is 5.58. The Labute approximate surface area is 121 Å². The van der Waals surface area contributed by atoms with Crippen LogP contribution in [0.3, 0.4) is 0 Å². The Morgan fingerprint density at radius 1 is 1.45 bits per heavy atom. The summed E-state index contributed by atoms with van der Waals surface area (Å²) in [7, 11) is -2.01. The molecule has 5 nitrogen and oxygen atoms in total. The lowest BCUT2D eigenvalue weighted by Crippen LogP contribution is -2.45. The first-order valence-corrected chi connectivity index (χ1v) is 8.62. The first kappa shape index (κ1) is 15.5.